The van der Waals surface area contributed by atoms with Gasteiger partial charge in [-0.2, -0.15) is 0 Å². The van der Waals surface area contributed by atoms with Crippen LogP contribution in [0.3, 0.4) is 0 Å². The molecule has 15 heavy (non-hydrogen) atoms. The molecule has 0 radical (unpaired) electrons. The summed E-state index contributed by atoms with van der Waals surface area (Å²) in [6.45, 7) is 2.07. The van der Waals surface area contributed by atoms with E-state index < -0.39 is 0 Å². The van der Waals surface area contributed by atoms with Crippen molar-refractivity contribution >= 4 is 16.9 Å². The maximum atomic E-state index is 4.53. The molecule has 0 atom stereocenters. The molecule has 0 aliphatic heterocycles. The fourth-order valence-electron chi connectivity index (χ4n) is 1.68. The highest BCUT2D eigenvalue weighted by Gasteiger charge is 2.22. The predicted octanol–water partition coefficient (Wildman–Crippen LogP) is 2.09. The number of nitrogens with one attached hydrogen (secondary N) is 2. The van der Waals surface area contributed by atoms with Crippen molar-refractivity contribution in [2.45, 2.75) is 32.2 Å². The van der Waals surface area contributed by atoms with E-state index in [9.17, 15) is 0 Å². The number of fused-ring (bicyclic) bond motifs is 1. The van der Waals surface area contributed by atoms with Gasteiger partial charge in [-0.15, -0.1) is 0 Å². The summed E-state index contributed by atoms with van der Waals surface area (Å²) in [6.07, 6.45) is 5.31. The summed E-state index contributed by atoms with van der Waals surface area (Å²) in [6, 6.07) is 2.65. The number of nitrogens with zero attached hydrogens (tertiary/aromatic N) is 2. The first-order valence-electron chi connectivity index (χ1n) is 5.47. The van der Waals surface area contributed by atoms with E-state index in [4.69, 9.17) is 0 Å². The third-order valence-corrected chi connectivity index (χ3v) is 2.70. The van der Waals surface area contributed by atoms with E-state index in [1.165, 1.54) is 12.8 Å². The molecule has 0 bridgehead atoms. The van der Waals surface area contributed by atoms with E-state index in [0.29, 0.717) is 6.04 Å². The zero-order valence-corrected chi connectivity index (χ0v) is 8.75. The Morgan fingerprint density at radius 3 is 3.07 bits per heavy atom. The van der Waals surface area contributed by atoms with Gasteiger partial charge in [0.1, 0.15) is 17.3 Å². The Kier molecular flexibility index (Phi) is 1.87. The molecule has 2 heterocycles. The van der Waals surface area contributed by atoms with Crippen molar-refractivity contribution in [3.63, 3.8) is 0 Å². The first kappa shape index (κ1) is 8.71. The summed E-state index contributed by atoms with van der Waals surface area (Å²) in [5, 5.41) is 4.54. The average Bonchev–Trinajstić information content (AvgIpc) is 2.93. The van der Waals surface area contributed by atoms with E-state index in [1.807, 2.05) is 12.3 Å². The van der Waals surface area contributed by atoms with Crippen molar-refractivity contribution in [3.05, 3.63) is 18.1 Å². The molecule has 78 valence electrons. The summed E-state index contributed by atoms with van der Waals surface area (Å²) in [4.78, 5) is 12.1. The monoisotopic (exact) mass is 202 g/mol. The van der Waals surface area contributed by atoms with Crippen molar-refractivity contribution in [2.24, 2.45) is 0 Å². The Morgan fingerprint density at radius 1 is 1.47 bits per heavy atom. The lowest BCUT2D eigenvalue weighted by Crippen LogP contribution is -2.06. The molecule has 0 saturated heterocycles. The number of aryl methyl sites for hydroxylation is 1. The summed E-state index contributed by atoms with van der Waals surface area (Å²) in [7, 11) is 0. The molecule has 4 heteroatoms. The molecule has 0 unspecified atom stereocenters. The number of aromatic nitrogens is 3. The van der Waals surface area contributed by atoms with Crippen LogP contribution in [0.25, 0.3) is 11.0 Å². The van der Waals surface area contributed by atoms with Crippen molar-refractivity contribution in [1.82, 2.24) is 15.0 Å². The summed E-state index contributed by atoms with van der Waals surface area (Å²) >= 11 is 0. The minimum atomic E-state index is 0.628. The molecule has 2 aromatic heterocycles. The van der Waals surface area contributed by atoms with E-state index in [-0.39, 0.29) is 0 Å². The van der Waals surface area contributed by atoms with Crippen LogP contribution in [0.5, 0.6) is 0 Å². The van der Waals surface area contributed by atoms with E-state index in [0.717, 1.165) is 29.1 Å². The van der Waals surface area contributed by atoms with Crippen LogP contribution in [-0.4, -0.2) is 21.0 Å². The Hall–Kier alpha value is -1.58. The van der Waals surface area contributed by atoms with Gasteiger partial charge in [-0.1, -0.05) is 6.92 Å². The highest BCUT2D eigenvalue weighted by Crippen LogP contribution is 2.27. The number of hydrogen-bond acceptors (Lipinski definition) is 3. The van der Waals surface area contributed by atoms with E-state index in [2.05, 4.69) is 27.2 Å². The molecule has 2 aromatic rings. The second-order valence-electron chi connectivity index (χ2n) is 4.00. The van der Waals surface area contributed by atoms with Gasteiger partial charge in [-0.25, -0.2) is 9.97 Å². The van der Waals surface area contributed by atoms with Gasteiger partial charge in [-0.05, 0) is 18.9 Å². The van der Waals surface area contributed by atoms with Crippen LogP contribution < -0.4 is 5.32 Å². The lowest BCUT2D eigenvalue weighted by molar-refractivity contribution is 0.949. The fraction of sp³-hybridized carbons (Fsp3) is 0.455. The zero-order chi connectivity index (χ0) is 10.3. The van der Waals surface area contributed by atoms with Crippen molar-refractivity contribution < 1.29 is 0 Å². The van der Waals surface area contributed by atoms with Gasteiger partial charge in [0.25, 0.3) is 0 Å². The molecular formula is C11H14N4. The molecule has 3 rings (SSSR count). The predicted molar refractivity (Wildman–Crippen MR) is 59.9 cm³/mol. The summed E-state index contributed by atoms with van der Waals surface area (Å²) in [5.41, 5.74) is 0.935. The molecule has 4 nitrogen and oxygen atoms in total. The van der Waals surface area contributed by atoms with Gasteiger partial charge in [0, 0.05) is 18.7 Å². The number of hydrogen-bond donors (Lipinski definition) is 2. The largest absolute Gasteiger partial charge is 0.367 e. The highest BCUT2D eigenvalue weighted by atomic mass is 15.1. The first-order valence-corrected chi connectivity index (χ1v) is 5.47. The Balaban J connectivity index is 2.09. The zero-order valence-electron chi connectivity index (χ0n) is 8.75. The Morgan fingerprint density at radius 2 is 2.33 bits per heavy atom. The van der Waals surface area contributed by atoms with Gasteiger partial charge in [0.15, 0.2) is 0 Å². The van der Waals surface area contributed by atoms with Gasteiger partial charge in [-0.3, -0.25) is 0 Å². The average molecular weight is 202 g/mol. The van der Waals surface area contributed by atoms with Gasteiger partial charge >= 0.3 is 0 Å². The number of rotatable bonds is 3. The first-order chi connectivity index (χ1) is 7.36. The summed E-state index contributed by atoms with van der Waals surface area (Å²) in [5.74, 6) is 1.88. The molecule has 0 aromatic carbocycles. The summed E-state index contributed by atoms with van der Waals surface area (Å²) < 4.78 is 0. The van der Waals surface area contributed by atoms with Crippen LogP contribution in [0.15, 0.2) is 12.3 Å². The normalized spacial score (nSPS) is 15.8. The molecule has 1 aliphatic rings. The van der Waals surface area contributed by atoms with E-state index >= 15 is 0 Å². The van der Waals surface area contributed by atoms with Crippen molar-refractivity contribution in [1.29, 1.82) is 0 Å². The van der Waals surface area contributed by atoms with Crippen LogP contribution in [0, 0.1) is 0 Å². The third-order valence-electron chi connectivity index (χ3n) is 2.70. The van der Waals surface area contributed by atoms with Gasteiger partial charge < -0.3 is 10.3 Å². The maximum absolute atomic E-state index is 4.53. The minimum Gasteiger partial charge on any atom is -0.367 e. The van der Waals surface area contributed by atoms with Crippen LogP contribution in [-0.2, 0) is 6.42 Å². The van der Waals surface area contributed by atoms with Crippen LogP contribution in [0.1, 0.15) is 25.6 Å². The number of aromatic amines is 1. The number of H-pyrrole nitrogens is 1. The molecular weight excluding hydrogens is 188 g/mol. The molecule has 2 N–H and O–H groups in total. The highest BCUT2D eigenvalue weighted by molar-refractivity contribution is 5.87. The van der Waals surface area contributed by atoms with Crippen molar-refractivity contribution in [2.75, 3.05) is 5.32 Å². The Labute approximate surface area is 88.1 Å². The standard InChI is InChI=1S/C11H14N4/c1-2-9-14-10-8(5-6-12-10)11(15-9)13-7-3-4-7/h5-7H,2-4H2,1H3,(H2,12,13,14,15). The fourth-order valence-corrected chi connectivity index (χ4v) is 1.68. The van der Waals surface area contributed by atoms with Crippen LogP contribution in [0.4, 0.5) is 5.82 Å². The van der Waals surface area contributed by atoms with Crippen LogP contribution in [0.2, 0.25) is 0 Å². The molecule has 1 fully saturated rings. The second kappa shape index (κ2) is 3.22. The van der Waals surface area contributed by atoms with Crippen LogP contribution >= 0.6 is 0 Å². The molecule has 0 amide bonds. The topological polar surface area (TPSA) is 53.6 Å². The molecule has 1 saturated carbocycles. The molecule has 0 spiro atoms. The lowest BCUT2D eigenvalue weighted by atomic mass is 10.3. The maximum Gasteiger partial charge on any atom is 0.143 e. The van der Waals surface area contributed by atoms with Crippen molar-refractivity contribution in [3.8, 4) is 0 Å². The smallest absolute Gasteiger partial charge is 0.143 e. The van der Waals surface area contributed by atoms with Gasteiger partial charge in [0.2, 0.25) is 0 Å². The Bertz CT molecular complexity index is 484. The number of anilines is 1. The quantitative estimate of drug-likeness (QED) is 0.801. The lowest BCUT2D eigenvalue weighted by Gasteiger charge is -2.06. The van der Waals surface area contributed by atoms with Gasteiger partial charge in [0.05, 0.1) is 5.39 Å². The SMILES string of the molecule is CCc1nc(NC2CC2)c2cc[nH]c2n1. The second-order valence-corrected chi connectivity index (χ2v) is 4.00. The molecule has 1 aliphatic carbocycles. The third kappa shape index (κ3) is 1.56. The van der Waals surface area contributed by atoms with E-state index in [1.54, 1.807) is 0 Å². The minimum absolute atomic E-state index is 0.628.